The van der Waals surface area contributed by atoms with Gasteiger partial charge in [0.25, 0.3) is 0 Å². The maximum Gasteiger partial charge on any atom is 0.411 e. The maximum atomic E-state index is 12.4. The Morgan fingerprint density at radius 2 is 1.44 bits per heavy atom. The number of nitrogens with one attached hydrogen (secondary N) is 1. The number of carbonyl (C=O) groups is 3. The first-order chi connectivity index (χ1) is 19.9. The third-order valence-corrected chi connectivity index (χ3v) is 5.77. The first kappa shape index (κ1) is 35.1. The van der Waals surface area contributed by atoms with Crippen LogP contribution in [0.5, 0.6) is 5.75 Å². The molecule has 1 unspecified atom stereocenters. The van der Waals surface area contributed by atoms with Gasteiger partial charge < -0.3 is 19.7 Å². The number of hydrogen-bond acceptors (Lipinski definition) is 6. The summed E-state index contributed by atoms with van der Waals surface area (Å²) >= 11 is 0. The van der Waals surface area contributed by atoms with E-state index in [2.05, 4.69) is 73.0 Å². The Balaban J connectivity index is 2.15. The number of allylic oxidation sites excluding steroid dienone is 9. The minimum Gasteiger partial charge on any atom is -0.507 e. The molecule has 41 heavy (non-hydrogen) atoms. The van der Waals surface area contributed by atoms with E-state index in [4.69, 9.17) is 14.6 Å². The summed E-state index contributed by atoms with van der Waals surface area (Å²) in [5.41, 5.74) is -0.159. The van der Waals surface area contributed by atoms with E-state index in [-0.39, 0.29) is 30.1 Å². The van der Waals surface area contributed by atoms with Crippen LogP contribution in [0, 0.1) is 0 Å². The number of aromatic hydroxyl groups is 1. The van der Waals surface area contributed by atoms with Crippen molar-refractivity contribution >= 4 is 23.5 Å². The van der Waals surface area contributed by atoms with Crippen molar-refractivity contribution in [2.24, 2.45) is 0 Å². The highest BCUT2D eigenvalue weighted by atomic mass is 16.5. The molecular formula is C33H45NO7. The number of aromatic carboxylic acids is 1. The Bertz CT molecular complexity index is 1070. The molecule has 0 spiro atoms. The van der Waals surface area contributed by atoms with E-state index in [0.29, 0.717) is 19.4 Å². The molecule has 0 fully saturated rings. The van der Waals surface area contributed by atoms with Crippen LogP contribution in [0.2, 0.25) is 0 Å². The molecular weight excluding hydrogens is 522 g/mol. The Morgan fingerprint density at radius 1 is 0.854 bits per heavy atom. The van der Waals surface area contributed by atoms with E-state index in [1.807, 2.05) is 6.92 Å². The van der Waals surface area contributed by atoms with Crippen molar-refractivity contribution in [3.05, 3.63) is 84.5 Å². The van der Waals surface area contributed by atoms with Crippen LogP contribution in [0.3, 0.4) is 0 Å². The van der Waals surface area contributed by atoms with Crippen LogP contribution in [-0.2, 0) is 14.3 Å². The van der Waals surface area contributed by atoms with Gasteiger partial charge >= 0.3 is 12.1 Å². The van der Waals surface area contributed by atoms with Crippen LogP contribution in [-0.4, -0.2) is 47.4 Å². The molecule has 0 saturated carbocycles. The molecule has 1 amide bonds. The van der Waals surface area contributed by atoms with E-state index < -0.39 is 23.9 Å². The number of Topliss-reactive ketones (excluding diaryl/α,β-unsaturated/α-hetero) is 1. The fourth-order valence-electron chi connectivity index (χ4n) is 3.60. The van der Waals surface area contributed by atoms with Crippen molar-refractivity contribution in [1.29, 1.82) is 0 Å². The summed E-state index contributed by atoms with van der Waals surface area (Å²) in [6, 6.07) is 3.66. The van der Waals surface area contributed by atoms with Crippen molar-refractivity contribution in [2.45, 2.75) is 77.7 Å². The Morgan fingerprint density at radius 3 is 2.00 bits per heavy atom. The van der Waals surface area contributed by atoms with Crippen molar-refractivity contribution in [3.8, 4) is 5.75 Å². The number of carboxylic acid groups (broad SMARTS) is 1. The van der Waals surface area contributed by atoms with Gasteiger partial charge in [0.1, 0.15) is 17.4 Å². The van der Waals surface area contributed by atoms with Gasteiger partial charge in [-0.2, -0.15) is 0 Å². The predicted octanol–water partition coefficient (Wildman–Crippen LogP) is 7.92. The number of phenols is 1. The summed E-state index contributed by atoms with van der Waals surface area (Å²) in [7, 11) is 0. The predicted molar refractivity (Wildman–Crippen MR) is 163 cm³/mol. The van der Waals surface area contributed by atoms with Gasteiger partial charge in [-0.3, -0.25) is 10.1 Å². The first-order valence-electron chi connectivity index (χ1n) is 14.3. The number of ether oxygens (including phenoxy) is 2. The number of hydrogen-bond donors (Lipinski definition) is 3. The topological polar surface area (TPSA) is 122 Å². The standard InChI is InChI=1S/C33H45NO7/c1-3-5-6-7-8-9-10-11-12-13-14-15-16-17-18-19-24-40-31(4-2)30(36)21-20-25-41-33(39)34-27-22-23-29(35)28(26-27)32(37)38/h5-6,8-9,11-12,14-15,17-18,22-23,26,31,35H,3-4,7,10,13,16,19-21,24-25H2,1-2H3,(H,34,39)(H,37,38)/b6-5-,9-8-,12-11-,15-14-,18-17-. The number of benzene rings is 1. The van der Waals surface area contributed by atoms with Gasteiger partial charge in [-0.1, -0.05) is 74.6 Å². The van der Waals surface area contributed by atoms with Gasteiger partial charge in [-0.05, 0) is 69.6 Å². The fourth-order valence-corrected chi connectivity index (χ4v) is 3.60. The minimum atomic E-state index is -1.32. The lowest BCUT2D eigenvalue weighted by atomic mass is 10.1. The number of amides is 1. The molecule has 0 aliphatic rings. The molecule has 0 heterocycles. The largest absolute Gasteiger partial charge is 0.507 e. The highest BCUT2D eigenvalue weighted by Crippen LogP contribution is 2.21. The van der Waals surface area contributed by atoms with Crippen molar-refractivity contribution in [3.63, 3.8) is 0 Å². The summed E-state index contributed by atoms with van der Waals surface area (Å²) in [5.74, 6) is -1.76. The highest BCUT2D eigenvalue weighted by Gasteiger charge is 2.17. The van der Waals surface area contributed by atoms with Gasteiger partial charge in [-0.25, -0.2) is 9.59 Å². The molecule has 0 bridgehead atoms. The zero-order valence-electron chi connectivity index (χ0n) is 24.3. The van der Waals surface area contributed by atoms with Crippen LogP contribution in [0.1, 0.15) is 82.0 Å². The summed E-state index contributed by atoms with van der Waals surface area (Å²) in [6.07, 6.45) is 26.9. The molecule has 3 N–H and O–H groups in total. The quantitative estimate of drug-likeness (QED) is 0.0783. The number of ketones is 1. The molecule has 8 heteroatoms. The molecule has 0 radical (unpaired) electrons. The van der Waals surface area contributed by atoms with Crippen molar-refractivity contribution in [2.75, 3.05) is 18.5 Å². The van der Waals surface area contributed by atoms with Crippen molar-refractivity contribution in [1.82, 2.24) is 0 Å². The normalized spacial score (nSPS) is 12.7. The van der Waals surface area contributed by atoms with Gasteiger partial charge in [-0.15, -0.1) is 0 Å². The highest BCUT2D eigenvalue weighted by molar-refractivity contribution is 5.94. The maximum absolute atomic E-state index is 12.4. The Hall–Kier alpha value is -3.91. The zero-order valence-corrected chi connectivity index (χ0v) is 24.3. The Kier molecular flexibility index (Phi) is 19.6. The zero-order chi connectivity index (χ0) is 30.1. The lowest BCUT2D eigenvalue weighted by Crippen LogP contribution is -2.24. The van der Waals surface area contributed by atoms with E-state index >= 15 is 0 Å². The third-order valence-electron chi connectivity index (χ3n) is 5.77. The second-order valence-corrected chi connectivity index (χ2v) is 9.13. The number of anilines is 1. The second-order valence-electron chi connectivity index (χ2n) is 9.13. The molecule has 0 aromatic heterocycles. The molecule has 0 saturated heterocycles. The smallest absolute Gasteiger partial charge is 0.411 e. The molecule has 1 rings (SSSR count). The molecule has 8 nitrogen and oxygen atoms in total. The first-order valence-corrected chi connectivity index (χ1v) is 14.3. The van der Waals surface area contributed by atoms with E-state index in [9.17, 15) is 19.5 Å². The molecule has 0 aliphatic carbocycles. The molecule has 0 aliphatic heterocycles. The fraction of sp³-hybridized carbons (Fsp3) is 0.424. The molecule has 1 aromatic carbocycles. The van der Waals surface area contributed by atoms with Gasteiger partial charge in [0, 0.05) is 12.1 Å². The average Bonchev–Trinajstić information content (AvgIpc) is 2.95. The van der Waals surface area contributed by atoms with Crippen LogP contribution in [0.25, 0.3) is 0 Å². The SMILES string of the molecule is CC/C=C\C/C=C\C/C=C\C/C=C\C/C=C\CCOC(CC)C(=O)CCCOC(=O)Nc1ccc(O)c(C(=O)O)c1. The number of rotatable bonds is 21. The van der Waals surface area contributed by atoms with Gasteiger partial charge in [0.15, 0.2) is 5.78 Å². The van der Waals surface area contributed by atoms with Crippen LogP contribution in [0.4, 0.5) is 10.5 Å². The lowest BCUT2D eigenvalue weighted by molar-refractivity contribution is -0.131. The van der Waals surface area contributed by atoms with Crippen LogP contribution >= 0.6 is 0 Å². The van der Waals surface area contributed by atoms with Crippen molar-refractivity contribution < 1.29 is 34.1 Å². The molecule has 1 aromatic rings. The number of carbonyl (C=O) groups excluding carboxylic acids is 2. The summed E-state index contributed by atoms with van der Waals surface area (Å²) in [6.45, 7) is 4.51. The van der Waals surface area contributed by atoms with E-state index in [1.54, 1.807) is 0 Å². The molecule has 1 atom stereocenters. The summed E-state index contributed by atoms with van der Waals surface area (Å²) in [5, 5.41) is 21.0. The minimum absolute atomic E-state index is 0.0257. The Labute approximate surface area is 244 Å². The second kappa shape index (κ2) is 22.9. The third kappa shape index (κ3) is 17.4. The van der Waals surface area contributed by atoms with Crippen LogP contribution in [0.15, 0.2) is 79.0 Å². The summed E-state index contributed by atoms with van der Waals surface area (Å²) in [4.78, 5) is 35.4. The van der Waals surface area contributed by atoms with Crippen LogP contribution < -0.4 is 5.32 Å². The summed E-state index contributed by atoms with van der Waals surface area (Å²) < 4.78 is 10.8. The van der Waals surface area contributed by atoms with E-state index in [0.717, 1.165) is 44.6 Å². The van der Waals surface area contributed by atoms with Gasteiger partial charge in [0.2, 0.25) is 0 Å². The number of carboxylic acids is 1. The van der Waals surface area contributed by atoms with E-state index in [1.165, 1.54) is 12.1 Å². The molecule has 224 valence electrons. The monoisotopic (exact) mass is 567 g/mol. The lowest BCUT2D eigenvalue weighted by Gasteiger charge is -2.14. The average molecular weight is 568 g/mol. The van der Waals surface area contributed by atoms with Gasteiger partial charge in [0.05, 0.1) is 13.2 Å².